The van der Waals surface area contributed by atoms with Crippen molar-refractivity contribution < 1.29 is 0 Å². The molecule has 0 aromatic heterocycles. The largest absolute Gasteiger partial charge is 0.124 e. The van der Waals surface area contributed by atoms with Gasteiger partial charge in [-0.1, -0.05) is 0 Å². The van der Waals surface area contributed by atoms with Gasteiger partial charge < -0.3 is 0 Å². The molecule has 0 aromatic carbocycles. The van der Waals surface area contributed by atoms with Crippen molar-refractivity contribution in [2.45, 2.75) is 5.28 Å². The van der Waals surface area contributed by atoms with Crippen molar-refractivity contribution in [3.8, 4) is 0 Å². The normalized spacial score (nSPS) is 4.80. The zero-order valence-electron chi connectivity index (χ0n) is 2.98. The maximum absolute atomic E-state index is 3.46. The summed E-state index contributed by atoms with van der Waals surface area (Å²) in [4.78, 5) is 0. The molecule has 0 heterocycles. The SMILES string of the molecule is Br.C=C[CH2][Al]. The first-order valence-electron chi connectivity index (χ1n) is 1.22. The zero-order chi connectivity index (χ0) is 3.41. The van der Waals surface area contributed by atoms with Crippen LogP contribution in [0.1, 0.15) is 0 Å². The molecule has 0 N–H and O–H groups in total. The van der Waals surface area contributed by atoms with Gasteiger partial charge in [0.05, 0.1) is 0 Å². The Hall–Kier alpha value is 0.752. The zero-order valence-corrected chi connectivity index (χ0v) is 5.84. The fraction of sp³-hybridized carbons (Fsp3) is 0.333. The molecular weight excluding hydrogens is 143 g/mol. The Morgan fingerprint density at radius 2 is 2.00 bits per heavy atom. The van der Waals surface area contributed by atoms with E-state index in [9.17, 15) is 0 Å². The fourth-order valence-electron chi connectivity index (χ4n) is 0. The molecule has 0 aromatic rings. The second kappa shape index (κ2) is 8.83. The first-order valence-corrected chi connectivity index (χ1v) is 2.04. The highest BCUT2D eigenvalue weighted by Crippen LogP contribution is 1.61. The number of hydrogen-bond acceptors (Lipinski definition) is 0. The van der Waals surface area contributed by atoms with E-state index in [1.807, 2.05) is 6.08 Å². The molecule has 5 heavy (non-hydrogen) atoms. The summed E-state index contributed by atoms with van der Waals surface area (Å²) in [7, 11) is 0. The average Bonchev–Trinajstić information content (AvgIpc) is 1.37. The fourth-order valence-corrected chi connectivity index (χ4v) is 0. The molecule has 28 valence electrons. The lowest BCUT2D eigenvalue weighted by Gasteiger charge is -1.58. The lowest BCUT2D eigenvalue weighted by molar-refractivity contribution is 1.76. The molecule has 0 saturated heterocycles. The summed E-state index contributed by atoms with van der Waals surface area (Å²) in [5, 5.41) is 1.00. The van der Waals surface area contributed by atoms with E-state index in [0.717, 1.165) is 5.28 Å². The topological polar surface area (TPSA) is 0 Å². The first kappa shape index (κ1) is 9.23. The standard InChI is InChI=1S/C3H5.Al.BrH/c1-3-2;;/h3H,1-2H2;;1H. The quantitative estimate of drug-likeness (QED) is 0.389. The van der Waals surface area contributed by atoms with Crippen LogP contribution in [0.3, 0.4) is 0 Å². The maximum Gasteiger partial charge on any atom is 0.124 e. The van der Waals surface area contributed by atoms with Gasteiger partial charge in [-0.25, -0.2) is 0 Å². The smallest absolute Gasteiger partial charge is 0.114 e. The molecule has 0 aliphatic rings. The van der Waals surface area contributed by atoms with Gasteiger partial charge in [0, 0.05) is 0 Å². The molecule has 0 atom stereocenters. The van der Waals surface area contributed by atoms with E-state index in [1.54, 1.807) is 0 Å². The predicted molar refractivity (Wildman–Crippen MR) is 31.1 cm³/mol. The van der Waals surface area contributed by atoms with Crippen LogP contribution in [0.15, 0.2) is 12.7 Å². The summed E-state index contributed by atoms with van der Waals surface area (Å²) in [6.07, 6.45) is 1.84. The molecule has 0 spiro atoms. The van der Waals surface area contributed by atoms with E-state index < -0.39 is 0 Å². The molecule has 0 rings (SSSR count). The molecular formula is C3H6AlBr. The van der Waals surface area contributed by atoms with Crippen molar-refractivity contribution >= 4 is 33.3 Å². The Morgan fingerprint density at radius 3 is 2.00 bits per heavy atom. The molecule has 2 heteroatoms. The van der Waals surface area contributed by atoms with Gasteiger partial charge in [-0.15, -0.1) is 34.9 Å². The van der Waals surface area contributed by atoms with Crippen molar-refractivity contribution in [2.24, 2.45) is 0 Å². The van der Waals surface area contributed by atoms with Crippen LogP contribution in [0.25, 0.3) is 0 Å². The van der Waals surface area contributed by atoms with Gasteiger partial charge in [0.1, 0.15) is 16.3 Å². The minimum atomic E-state index is 0. The third-order valence-corrected chi connectivity index (χ3v) is 0.500. The summed E-state index contributed by atoms with van der Waals surface area (Å²) < 4.78 is 0. The second-order valence-electron chi connectivity index (χ2n) is 0.524. The van der Waals surface area contributed by atoms with E-state index >= 15 is 0 Å². The summed E-state index contributed by atoms with van der Waals surface area (Å²) in [6.45, 7) is 3.46. The highest BCUT2D eigenvalue weighted by molar-refractivity contribution is 8.93. The summed E-state index contributed by atoms with van der Waals surface area (Å²) >= 11 is 2.54. The van der Waals surface area contributed by atoms with Crippen molar-refractivity contribution in [3.63, 3.8) is 0 Å². The van der Waals surface area contributed by atoms with Crippen molar-refractivity contribution in [2.75, 3.05) is 0 Å². The van der Waals surface area contributed by atoms with E-state index in [0.29, 0.717) is 0 Å². The predicted octanol–water partition coefficient (Wildman–Crippen LogP) is 1.34. The van der Waals surface area contributed by atoms with E-state index in [1.165, 1.54) is 0 Å². The van der Waals surface area contributed by atoms with Crippen LogP contribution >= 0.6 is 17.0 Å². The van der Waals surface area contributed by atoms with Gasteiger partial charge in [0.2, 0.25) is 0 Å². The Labute approximate surface area is 51.5 Å². The Balaban J connectivity index is 0. The molecule has 0 bridgehead atoms. The number of allylic oxidation sites excluding steroid dienone is 1. The first-order chi connectivity index (χ1) is 1.91. The third kappa shape index (κ3) is 11.7. The maximum atomic E-state index is 3.46. The minimum absolute atomic E-state index is 0. The second-order valence-corrected chi connectivity index (χ2v) is 0.996. The van der Waals surface area contributed by atoms with Crippen LogP contribution in [0.4, 0.5) is 0 Å². The van der Waals surface area contributed by atoms with Gasteiger partial charge in [-0.2, -0.15) is 0 Å². The monoisotopic (exact) mass is 148 g/mol. The van der Waals surface area contributed by atoms with Gasteiger partial charge in [-0.3, -0.25) is 0 Å². The van der Waals surface area contributed by atoms with Crippen LogP contribution in [0, 0.1) is 0 Å². The molecule has 0 amide bonds. The molecule has 2 radical (unpaired) electrons. The van der Waals surface area contributed by atoms with E-state index in [-0.39, 0.29) is 17.0 Å². The molecule has 0 fully saturated rings. The van der Waals surface area contributed by atoms with Crippen molar-refractivity contribution in [3.05, 3.63) is 12.7 Å². The van der Waals surface area contributed by atoms with Crippen LogP contribution in [-0.4, -0.2) is 16.3 Å². The van der Waals surface area contributed by atoms with Gasteiger partial charge in [0.15, 0.2) is 0 Å². The number of rotatable bonds is 1. The molecule has 0 aliphatic carbocycles. The van der Waals surface area contributed by atoms with Crippen molar-refractivity contribution in [1.82, 2.24) is 0 Å². The summed E-state index contributed by atoms with van der Waals surface area (Å²) in [5.74, 6) is 0. The molecule has 0 aliphatic heterocycles. The minimum Gasteiger partial charge on any atom is -0.114 e. The van der Waals surface area contributed by atoms with E-state index in [4.69, 9.17) is 0 Å². The van der Waals surface area contributed by atoms with Crippen LogP contribution < -0.4 is 0 Å². The lowest BCUT2D eigenvalue weighted by atomic mass is 10.8. The van der Waals surface area contributed by atoms with Crippen molar-refractivity contribution in [1.29, 1.82) is 0 Å². The van der Waals surface area contributed by atoms with Crippen LogP contribution in [0.2, 0.25) is 5.28 Å². The summed E-state index contributed by atoms with van der Waals surface area (Å²) in [6, 6.07) is 0. The molecule has 0 nitrogen and oxygen atoms in total. The van der Waals surface area contributed by atoms with Gasteiger partial charge in [0.25, 0.3) is 0 Å². The van der Waals surface area contributed by atoms with Crippen LogP contribution in [-0.2, 0) is 0 Å². The summed E-state index contributed by atoms with van der Waals surface area (Å²) in [5.41, 5.74) is 0. The molecule has 0 saturated carbocycles. The highest BCUT2D eigenvalue weighted by Gasteiger charge is 1.46. The van der Waals surface area contributed by atoms with E-state index in [2.05, 4.69) is 22.9 Å². The van der Waals surface area contributed by atoms with Gasteiger partial charge in [-0.05, 0) is 0 Å². The van der Waals surface area contributed by atoms with Crippen LogP contribution in [0.5, 0.6) is 0 Å². The third-order valence-electron chi connectivity index (χ3n) is 0.167. The number of hydrogen-bond donors (Lipinski definition) is 0. The number of halogens is 1. The average molecular weight is 149 g/mol. The molecule has 0 unspecified atom stereocenters. The highest BCUT2D eigenvalue weighted by atomic mass is 79.9. The Kier molecular flexibility index (Phi) is 16.3. The lowest BCUT2D eigenvalue weighted by Crippen LogP contribution is -1.47. The van der Waals surface area contributed by atoms with Gasteiger partial charge >= 0.3 is 0 Å². The Bertz CT molecular complexity index is 20.9. The Morgan fingerprint density at radius 1 is 1.80 bits per heavy atom.